The molecule has 2 aromatic rings. The number of hydrogen-bond donors (Lipinski definition) is 1. The van der Waals surface area contributed by atoms with E-state index in [1.807, 2.05) is 31.2 Å². The predicted octanol–water partition coefficient (Wildman–Crippen LogP) is 3.54. The fourth-order valence-corrected chi connectivity index (χ4v) is 1.98. The van der Waals surface area contributed by atoms with E-state index in [1.165, 1.54) is 0 Å². The van der Waals surface area contributed by atoms with Crippen LogP contribution in [0.5, 0.6) is 0 Å². The molecule has 98 valence electrons. The second kappa shape index (κ2) is 6.06. The first-order chi connectivity index (χ1) is 9.06. The lowest BCUT2D eigenvalue weighted by atomic mass is 10.1. The normalized spacial score (nSPS) is 10.2. The van der Waals surface area contributed by atoms with E-state index in [1.54, 1.807) is 18.2 Å². The molecule has 2 rings (SSSR count). The number of ether oxygens (including phenoxy) is 1. The number of aryl methyl sites for hydroxylation is 1. The van der Waals surface area contributed by atoms with Crippen LogP contribution in [0.2, 0.25) is 0 Å². The summed E-state index contributed by atoms with van der Waals surface area (Å²) in [7, 11) is 0. The summed E-state index contributed by atoms with van der Waals surface area (Å²) in [6, 6.07) is 13.0. The molecule has 4 heteroatoms. The Morgan fingerprint density at radius 2 is 1.89 bits per heavy atom. The highest BCUT2D eigenvalue weighted by Crippen LogP contribution is 2.14. The van der Waals surface area contributed by atoms with Gasteiger partial charge in [0.15, 0.2) is 0 Å². The van der Waals surface area contributed by atoms with Gasteiger partial charge in [-0.3, -0.25) is 0 Å². The maximum Gasteiger partial charge on any atom is 0.338 e. The lowest BCUT2D eigenvalue weighted by molar-refractivity contribution is 0.0472. The highest BCUT2D eigenvalue weighted by Gasteiger charge is 2.08. The summed E-state index contributed by atoms with van der Waals surface area (Å²) in [5.74, 6) is -0.332. The first-order valence-electron chi connectivity index (χ1n) is 5.84. The molecule has 0 bridgehead atoms. The third-order valence-electron chi connectivity index (χ3n) is 2.79. The molecule has 0 spiro atoms. The monoisotopic (exact) mass is 367 g/mol. The van der Waals surface area contributed by atoms with Gasteiger partial charge in [-0.2, -0.15) is 0 Å². The van der Waals surface area contributed by atoms with E-state index in [4.69, 9.17) is 10.5 Å². The Morgan fingerprint density at radius 1 is 1.21 bits per heavy atom. The number of halogens is 1. The molecular weight excluding hydrogens is 353 g/mol. The minimum Gasteiger partial charge on any atom is -0.457 e. The van der Waals surface area contributed by atoms with Crippen molar-refractivity contribution in [2.24, 2.45) is 0 Å². The van der Waals surface area contributed by atoms with Crippen LogP contribution in [-0.2, 0) is 11.3 Å². The maximum atomic E-state index is 11.9. The van der Waals surface area contributed by atoms with Crippen LogP contribution in [0.3, 0.4) is 0 Å². The molecule has 2 N–H and O–H groups in total. The molecule has 0 atom stereocenters. The van der Waals surface area contributed by atoms with Crippen molar-refractivity contribution in [3.05, 3.63) is 62.7 Å². The third-order valence-corrected chi connectivity index (χ3v) is 3.51. The number of anilines is 1. The highest BCUT2D eigenvalue weighted by atomic mass is 127. The fourth-order valence-electron chi connectivity index (χ4n) is 1.62. The summed E-state index contributed by atoms with van der Waals surface area (Å²) in [5.41, 5.74) is 8.77. The number of hydrogen-bond acceptors (Lipinski definition) is 3. The minimum atomic E-state index is -0.332. The summed E-state index contributed by atoms with van der Waals surface area (Å²) >= 11 is 2.23. The molecule has 0 fully saturated rings. The van der Waals surface area contributed by atoms with Gasteiger partial charge < -0.3 is 10.5 Å². The Balaban J connectivity index is 2.01. The van der Waals surface area contributed by atoms with Crippen molar-refractivity contribution < 1.29 is 9.53 Å². The van der Waals surface area contributed by atoms with Crippen molar-refractivity contribution in [1.29, 1.82) is 0 Å². The van der Waals surface area contributed by atoms with Gasteiger partial charge in [0.2, 0.25) is 0 Å². The van der Waals surface area contributed by atoms with Crippen molar-refractivity contribution in [1.82, 2.24) is 0 Å². The zero-order valence-electron chi connectivity index (χ0n) is 10.5. The highest BCUT2D eigenvalue weighted by molar-refractivity contribution is 14.1. The molecule has 0 amide bonds. The van der Waals surface area contributed by atoms with Gasteiger partial charge >= 0.3 is 5.97 Å². The molecule has 0 aliphatic heterocycles. The molecule has 0 unspecified atom stereocenters. The van der Waals surface area contributed by atoms with E-state index in [9.17, 15) is 4.79 Å². The lowest BCUT2D eigenvalue weighted by Gasteiger charge is -2.07. The van der Waals surface area contributed by atoms with E-state index in [0.29, 0.717) is 11.3 Å². The molecule has 0 saturated carbocycles. The summed E-state index contributed by atoms with van der Waals surface area (Å²) in [6.07, 6.45) is 0. The zero-order chi connectivity index (χ0) is 13.8. The average molecular weight is 367 g/mol. The zero-order valence-corrected chi connectivity index (χ0v) is 12.7. The van der Waals surface area contributed by atoms with Crippen molar-refractivity contribution in [2.45, 2.75) is 13.5 Å². The van der Waals surface area contributed by atoms with Gasteiger partial charge in [0.05, 0.1) is 5.56 Å². The van der Waals surface area contributed by atoms with E-state index >= 15 is 0 Å². The largest absolute Gasteiger partial charge is 0.457 e. The van der Waals surface area contributed by atoms with Gasteiger partial charge in [-0.25, -0.2) is 4.79 Å². The van der Waals surface area contributed by atoms with Crippen molar-refractivity contribution in [2.75, 3.05) is 5.73 Å². The molecule has 3 nitrogen and oxygen atoms in total. The van der Waals surface area contributed by atoms with Gasteiger partial charge in [-0.15, -0.1) is 0 Å². The number of benzene rings is 2. The van der Waals surface area contributed by atoms with Crippen LogP contribution in [0.1, 0.15) is 21.5 Å². The molecule has 2 aromatic carbocycles. The quantitative estimate of drug-likeness (QED) is 0.513. The van der Waals surface area contributed by atoms with Gasteiger partial charge in [-0.1, -0.05) is 12.1 Å². The summed E-state index contributed by atoms with van der Waals surface area (Å²) < 4.78 is 6.42. The Hall–Kier alpha value is -1.56. The van der Waals surface area contributed by atoms with Crippen LogP contribution < -0.4 is 5.73 Å². The maximum absolute atomic E-state index is 11.9. The number of rotatable bonds is 3. The van der Waals surface area contributed by atoms with Crippen molar-refractivity contribution >= 4 is 34.2 Å². The van der Waals surface area contributed by atoms with Gasteiger partial charge in [0.25, 0.3) is 0 Å². The fraction of sp³-hybridized carbons (Fsp3) is 0.133. The number of nitrogen functional groups attached to an aromatic ring is 1. The average Bonchev–Trinajstić information content (AvgIpc) is 2.41. The van der Waals surface area contributed by atoms with Gasteiger partial charge in [-0.05, 0) is 71.0 Å². The summed E-state index contributed by atoms with van der Waals surface area (Å²) in [4.78, 5) is 11.9. The van der Waals surface area contributed by atoms with Crippen LogP contribution in [-0.4, -0.2) is 5.97 Å². The molecule has 0 aliphatic rings. The van der Waals surface area contributed by atoms with Crippen LogP contribution in [0.25, 0.3) is 0 Å². The van der Waals surface area contributed by atoms with E-state index in [-0.39, 0.29) is 12.6 Å². The van der Waals surface area contributed by atoms with Crippen molar-refractivity contribution in [3.8, 4) is 0 Å². The van der Waals surface area contributed by atoms with Gasteiger partial charge in [0.1, 0.15) is 6.61 Å². The molecule has 19 heavy (non-hydrogen) atoms. The van der Waals surface area contributed by atoms with Gasteiger partial charge in [0, 0.05) is 9.26 Å². The first kappa shape index (κ1) is 13.9. The molecule has 0 aromatic heterocycles. The lowest BCUT2D eigenvalue weighted by Crippen LogP contribution is -2.06. The second-order valence-corrected chi connectivity index (χ2v) is 5.52. The molecule has 0 radical (unpaired) electrons. The van der Waals surface area contributed by atoms with Crippen LogP contribution in [0.4, 0.5) is 5.69 Å². The van der Waals surface area contributed by atoms with Crippen LogP contribution >= 0.6 is 22.6 Å². The smallest absolute Gasteiger partial charge is 0.338 e. The number of carbonyl (C=O) groups excluding carboxylic acids is 1. The predicted molar refractivity (Wildman–Crippen MR) is 83.9 cm³/mol. The SMILES string of the molecule is Cc1cc(C(=O)OCc2ccc(I)cc2)ccc1N. The Labute approximate surface area is 125 Å². The first-order valence-corrected chi connectivity index (χ1v) is 6.92. The Bertz CT molecular complexity index is 594. The van der Waals surface area contributed by atoms with E-state index in [2.05, 4.69) is 22.6 Å². The molecule has 0 heterocycles. The molecular formula is C15H14INO2. The Kier molecular flexibility index (Phi) is 4.42. The Morgan fingerprint density at radius 3 is 2.53 bits per heavy atom. The summed E-state index contributed by atoms with van der Waals surface area (Å²) in [6.45, 7) is 2.14. The van der Waals surface area contributed by atoms with E-state index in [0.717, 1.165) is 14.7 Å². The summed E-state index contributed by atoms with van der Waals surface area (Å²) in [5, 5.41) is 0. The number of carbonyl (C=O) groups is 1. The molecule has 0 aliphatic carbocycles. The number of esters is 1. The minimum absolute atomic E-state index is 0.277. The van der Waals surface area contributed by atoms with Crippen LogP contribution in [0, 0.1) is 10.5 Å². The second-order valence-electron chi connectivity index (χ2n) is 4.27. The number of nitrogens with two attached hydrogens (primary N) is 1. The van der Waals surface area contributed by atoms with Crippen molar-refractivity contribution in [3.63, 3.8) is 0 Å². The standard InChI is InChI=1S/C15H14INO2/c1-10-8-12(4-7-14(10)17)15(18)19-9-11-2-5-13(16)6-3-11/h2-8H,9,17H2,1H3. The third kappa shape index (κ3) is 3.70. The van der Waals surface area contributed by atoms with E-state index < -0.39 is 0 Å². The molecule has 0 saturated heterocycles. The topological polar surface area (TPSA) is 52.3 Å². The van der Waals surface area contributed by atoms with Crippen LogP contribution in [0.15, 0.2) is 42.5 Å².